The summed E-state index contributed by atoms with van der Waals surface area (Å²) >= 11 is 0. The zero-order valence-corrected chi connectivity index (χ0v) is 12.0. The number of carbonyl (C=O) groups excluding carboxylic acids is 1. The molecular weight excluding hydrogens is 280 g/mol. The van der Waals surface area contributed by atoms with Crippen molar-refractivity contribution < 1.29 is 4.79 Å². The van der Waals surface area contributed by atoms with Gasteiger partial charge in [0.1, 0.15) is 5.69 Å². The van der Waals surface area contributed by atoms with Crippen LogP contribution >= 0.6 is 0 Å². The number of pyridine rings is 1. The third kappa shape index (κ3) is 2.98. The minimum Gasteiger partial charge on any atom is -0.346 e. The molecule has 1 amide bonds. The Morgan fingerprint density at radius 3 is 2.82 bits per heavy atom. The van der Waals surface area contributed by atoms with Gasteiger partial charge in [0.05, 0.1) is 11.9 Å². The summed E-state index contributed by atoms with van der Waals surface area (Å²) in [5.41, 5.74) is 1.92. The van der Waals surface area contributed by atoms with Crippen LogP contribution in [-0.2, 0) is 6.54 Å². The van der Waals surface area contributed by atoms with Crippen LogP contribution in [0.3, 0.4) is 0 Å². The third-order valence-electron chi connectivity index (χ3n) is 3.04. The van der Waals surface area contributed by atoms with Gasteiger partial charge in [-0.05, 0) is 19.1 Å². The Morgan fingerprint density at radius 1 is 1.18 bits per heavy atom. The zero-order chi connectivity index (χ0) is 15.4. The summed E-state index contributed by atoms with van der Waals surface area (Å²) in [6, 6.07) is 5.53. The first-order valence-electron chi connectivity index (χ1n) is 6.75. The molecule has 0 aliphatic carbocycles. The minimum atomic E-state index is -0.275. The van der Waals surface area contributed by atoms with Crippen LogP contribution in [0.2, 0.25) is 0 Å². The summed E-state index contributed by atoms with van der Waals surface area (Å²) in [7, 11) is 0. The smallest absolute Gasteiger partial charge is 0.271 e. The molecule has 0 unspecified atom stereocenters. The molecule has 3 aromatic rings. The van der Waals surface area contributed by atoms with Crippen molar-refractivity contribution in [1.82, 2.24) is 30.0 Å². The lowest BCUT2D eigenvalue weighted by molar-refractivity contribution is 0.0945. The Kier molecular flexibility index (Phi) is 3.86. The van der Waals surface area contributed by atoms with E-state index in [4.69, 9.17) is 0 Å². The molecule has 3 rings (SSSR count). The van der Waals surface area contributed by atoms with E-state index < -0.39 is 0 Å². The molecule has 0 bridgehead atoms. The number of nitrogens with one attached hydrogen (secondary N) is 1. The maximum atomic E-state index is 12.1. The molecule has 0 aliphatic heterocycles. The second-order valence-electron chi connectivity index (χ2n) is 4.66. The van der Waals surface area contributed by atoms with E-state index in [1.54, 1.807) is 29.5 Å². The highest BCUT2D eigenvalue weighted by Gasteiger charge is 2.10. The molecule has 22 heavy (non-hydrogen) atoms. The van der Waals surface area contributed by atoms with Crippen molar-refractivity contribution in [2.45, 2.75) is 13.5 Å². The van der Waals surface area contributed by atoms with Crippen LogP contribution in [0.25, 0.3) is 5.82 Å². The van der Waals surface area contributed by atoms with Crippen LogP contribution < -0.4 is 5.32 Å². The molecule has 1 N–H and O–H groups in total. The van der Waals surface area contributed by atoms with Crippen molar-refractivity contribution in [3.05, 3.63) is 66.1 Å². The summed E-state index contributed by atoms with van der Waals surface area (Å²) in [5, 5.41) is 6.98. The van der Waals surface area contributed by atoms with E-state index in [1.807, 2.05) is 25.1 Å². The molecule has 0 fully saturated rings. The van der Waals surface area contributed by atoms with Gasteiger partial charge in [-0.25, -0.2) is 14.6 Å². The van der Waals surface area contributed by atoms with E-state index in [9.17, 15) is 4.79 Å². The van der Waals surface area contributed by atoms with Gasteiger partial charge in [0, 0.05) is 36.9 Å². The first kappa shape index (κ1) is 13.9. The van der Waals surface area contributed by atoms with Gasteiger partial charge < -0.3 is 5.32 Å². The van der Waals surface area contributed by atoms with Crippen LogP contribution in [-0.4, -0.2) is 30.6 Å². The van der Waals surface area contributed by atoms with Crippen LogP contribution in [0.4, 0.5) is 0 Å². The van der Waals surface area contributed by atoms with E-state index in [0.29, 0.717) is 12.4 Å². The fraction of sp³-hybridized carbons (Fsp3) is 0.133. The Hall–Kier alpha value is -3.09. The number of nitrogens with zero attached hydrogens (tertiary/aromatic N) is 5. The molecule has 3 heterocycles. The second-order valence-corrected chi connectivity index (χ2v) is 4.66. The Bertz CT molecular complexity index is 767. The third-order valence-corrected chi connectivity index (χ3v) is 3.04. The first-order valence-corrected chi connectivity index (χ1v) is 6.75. The van der Waals surface area contributed by atoms with E-state index in [0.717, 1.165) is 11.3 Å². The Morgan fingerprint density at radius 2 is 2.09 bits per heavy atom. The van der Waals surface area contributed by atoms with Crippen molar-refractivity contribution in [2.24, 2.45) is 0 Å². The van der Waals surface area contributed by atoms with Crippen molar-refractivity contribution >= 4 is 5.91 Å². The van der Waals surface area contributed by atoms with E-state index in [1.165, 1.54) is 6.20 Å². The van der Waals surface area contributed by atoms with Crippen LogP contribution in [0.5, 0.6) is 0 Å². The lowest BCUT2D eigenvalue weighted by Crippen LogP contribution is -2.25. The molecular formula is C15H14N6O. The highest BCUT2D eigenvalue weighted by molar-refractivity contribution is 5.91. The molecule has 0 aromatic carbocycles. The number of aryl methyl sites for hydroxylation is 1. The Labute approximate surface area is 127 Å². The molecule has 110 valence electrons. The number of hydrogen-bond acceptors (Lipinski definition) is 5. The van der Waals surface area contributed by atoms with Gasteiger partial charge in [0.2, 0.25) is 0 Å². The monoisotopic (exact) mass is 294 g/mol. The highest BCUT2D eigenvalue weighted by Crippen LogP contribution is 2.10. The molecule has 0 saturated carbocycles. The highest BCUT2D eigenvalue weighted by atomic mass is 16.1. The van der Waals surface area contributed by atoms with Gasteiger partial charge >= 0.3 is 0 Å². The predicted molar refractivity (Wildman–Crippen MR) is 79.3 cm³/mol. The van der Waals surface area contributed by atoms with Crippen LogP contribution in [0.15, 0.2) is 49.2 Å². The molecule has 3 aromatic heterocycles. The summed E-state index contributed by atoms with van der Waals surface area (Å²) in [6.45, 7) is 2.15. The largest absolute Gasteiger partial charge is 0.346 e. The van der Waals surface area contributed by atoms with Gasteiger partial charge in [0.15, 0.2) is 5.82 Å². The van der Waals surface area contributed by atoms with Crippen molar-refractivity contribution in [3.63, 3.8) is 0 Å². The fourth-order valence-corrected chi connectivity index (χ4v) is 1.94. The number of amides is 1. The summed E-state index contributed by atoms with van der Waals surface area (Å²) in [5.74, 6) is 0.408. The minimum absolute atomic E-state index is 0.275. The normalized spacial score (nSPS) is 10.4. The average Bonchev–Trinajstić information content (AvgIpc) is 3.08. The maximum Gasteiger partial charge on any atom is 0.271 e. The van der Waals surface area contributed by atoms with Gasteiger partial charge in [-0.2, -0.15) is 5.10 Å². The van der Waals surface area contributed by atoms with Gasteiger partial charge in [-0.3, -0.25) is 9.78 Å². The predicted octanol–water partition coefficient (Wildman–Crippen LogP) is 1.30. The number of hydrogen-bond donors (Lipinski definition) is 1. The second kappa shape index (κ2) is 6.13. The average molecular weight is 294 g/mol. The van der Waals surface area contributed by atoms with E-state index >= 15 is 0 Å². The molecule has 0 aliphatic rings. The summed E-state index contributed by atoms with van der Waals surface area (Å²) in [6.07, 6.45) is 8.20. The SMILES string of the molecule is Cc1cnc(C(=O)NCc2cccnc2-n2cccn2)cn1. The molecule has 0 atom stereocenters. The van der Waals surface area contributed by atoms with Gasteiger partial charge in [-0.15, -0.1) is 0 Å². The number of rotatable bonds is 4. The fourth-order valence-electron chi connectivity index (χ4n) is 1.94. The maximum absolute atomic E-state index is 12.1. The van der Waals surface area contributed by atoms with E-state index in [2.05, 4.69) is 25.4 Å². The molecule has 0 radical (unpaired) electrons. The lowest BCUT2D eigenvalue weighted by Gasteiger charge is -2.09. The lowest BCUT2D eigenvalue weighted by atomic mass is 10.2. The van der Waals surface area contributed by atoms with Gasteiger partial charge in [-0.1, -0.05) is 6.07 Å². The Balaban J connectivity index is 1.74. The quantitative estimate of drug-likeness (QED) is 0.783. The zero-order valence-electron chi connectivity index (χ0n) is 12.0. The molecule has 0 saturated heterocycles. The molecule has 0 spiro atoms. The molecule has 7 nitrogen and oxygen atoms in total. The van der Waals surface area contributed by atoms with Crippen molar-refractivity contribution in [2.75, 3.05) is 0 Å². The summed E-state index contributed by atoms with van der Waals surface area (Å²) < 4.78 is 1.66. The topological polar surface area (TPSA) is 85.6 Å². The van der Waals surface area contributed by atoms with Crippen LogP contribution in [0.1, 0.15) is 21.7 Å². The first-order chi connectivity index (χ1) is 10.7. The standard InChI is InChI=1S/C15H14N6O/c1-11-8-18-13(10-17-11)15(22)19-9-12-4-2-5-16-14(12)21-7-3-6-20-21/h2-8,10H,9H2,1H3,(H,19,22). The van der Waals surface area contributed by atoms with Crippen molar-refractivity contribution in [3.8, 4) is 5.82 Å². The van der Waals surface area contributed by atoms with Crippen LogP contribution in [0, 0.1) is 6.92 Å². The van der Waals surface area contributed by atoms with E-state index in [-0.39, 0.29) is 11.6 Å². The van der Waals surface area contributed by atoms with Gasteiger partial charge in [0.25, 0.3) is 5.91 Å². The number of aromatic nitrogens is 5. The number of carbonyl (C=O) groups is 1. The summed E-state index contributed by atoms with van der Waals surface area (Å²) in [4.78, 5) is 24.5. The van der Waals surface area contributed by atoms with Crippen molar-refractivity contribution in [1.29, 1.82) is 0 Å². The molecule has 7 heteroatoms.